The van der Waals surface area contributed by atoms with E-state index in [9.17, 15) is 14.4 Å². The Bertz CT molecular complexity index is 903. The van der Waals surface area contributed by atoms with E-state index in [1.54, 1.807) is 19.1 Å². The number of anilines is 1. The van der Waals surface area contributed by atoms with E-state index in [4.69, 9.17) is 0 Å². The number of hydrogen-bond donors (Lipinski definition) is 0. The highest BCUT2D eigenvalue weighted by Gasteiger charge is 2.59. The average molecular weight is 361 g/mol. The van der Waals surface area contributed by atoms with Crippen molar-refractivity contribution in [3.05, 3.63) is 65.7 Å². The summed E-state index contributed by atoms with van der Waals surface area (Å²) in [6.45, 7) is 5.64. The molecule has 0 N–H and O–H groups in total. The van der Waals surface area contributed by atoms with E-state index >= 15 is 0 Å². The summed E-state index contributed by atoms with van der Waals surface area (Å²) in [6, 6.07) is 17.0. The summed E-state index contributed by atoms with van der Waals surface area (Å²) in [5.41, 5.74) is 2.60. The van der Waals surface area contributed by atoms with Gasteiger partial charge in [0, 0.05) is 17.8 Å². The van der Waals surface area contributed by atoms with E-state index in [-0.39, 0.29) is 29.4 Å². The van der Waals surface area contributed by atoms with Gasteiger partial charge in [-0.3, -0.25) is 19.3 Å². The number of ketones is 1. The highest BCUT2D eigenvalue weighted by atomic mass is 16.2. The quantitative estimate of drug-likeness (QED) is 0.766. The third-order valence-corrected chi connectivity index (χ3v) is 6.24. The van der Waals surface area contributed by atoms with Gasteiger partial charge in [0.05, 0.1) is 17.5 Å². The van der Waals surface area contributed by atoms with E-state index in [2.05, 4.69) is 0 Å². The number of carbonyl (C=O) groups excluding carboxylic acids is 3. The second-order valence-electron chi connectivity index (χ2n) is 7.82. The van der Waals surface area contributed by atoms with Gasteiger partial charge >= 0.3 is 0 Å². The van der Waals surface area contributed by atoms with Gasteiger partial charge in [-0.15, -0.1) is 0 Å². The second-order valence-corrected chi connectivity index (χ2v) is 7.82. The molecule has 1 heterocycles. The Hall–Kier alpha value is -2.75. The van der Waals surface area contributed by atoms with Gasteiger partial charge in [-0.25, -0.2) is 0 Å². The lowest BCUT2D eigenvalue weighted by molar-refractivity contribution is -0.139. The largest absolute Gasteiger partial charge is 0.299 e. The van der Waals surface area contributed by atoms with Crippen LogP contribution in [0, 0.1) is 30.6 Å². The van der Waals surface area contributed by atoms with E-state index in [1.165, 1.54) is 4.90 Å². The zero-order valence-corrected chi connectivity index (χ0v) is 15.8. The van der Waals surface area contributed by atoms with E-state index < -0.39 is 17.8 Å². The van der Waals surface area contributed by atoms with Crippen molar-refractivity contribution in [1.82, 2.24) is 0 Å². The Kier molecular flexibility index (Phi) is 4.22. The molecule has 1 aliphatic carbocycles. The van der Waals surface area contributed by atoms with E-state index in [0.29, 0.717) is 5.69 Å². The third-order valence-electron chi connectivity index (χ3n) is 6.24. The van der Waals surface area contributed by atoms with Crippen LogP contribution in [0.5, 0.6) is 0 Å². The molecule has 2 amide bonds. The van der Waals surface area contributed by atoms with Crippen LogP contribution in [0.3, 0.4) is 0 Å². The topological polar surface area (TPSA) is 54.5 Å². The molecule has 1 saturated carbocycles. The number of aryl methyl sites for hydroxylation is 1. The summed E-state index contributed by atoms with van der Waals surface area (Å²) in [5, 5.41) is 0. The maximum absolute atomic E-state index is 13.4. The Labute approximate surface area is 159 Å². The number of carbonyl (C=O) groups is 3. The maximum atomic E-state index is 13.4. The number of nitrogens with zero attached hydrogens (tertiary/aromatic N) is 1. The first kappa shape index (κ1) is 17.7. The molecular weight excluding hydrogens is 338 g/mol. The van der Waals surface area contributed by atoms with Crippen molar-refractivity contribution in [1.29, 1.82) is 0 Å². The van der Waals surface area contributed by atoms with Crippen molar-refractivity contribution in [2.24, 2.45) is 23.7 Å². The first-order valence-corrected chi connectivity index (χ1v) is 9.45. The van der Waals surface area contributed by atoms with Crippen molar-refractivity contribution < 1.29 is 14.4 Å². The Morgan fingerprint density at radius 1 is 0.704 bits per heavy atom. The lowest BCUT2D eigenvalue weighted by Gasteiger charge is -2.38. The lowest BCUT2D eigenvalue weighted by Crippen LogP contribution is -2.45. The van der Waals surface area contributed by atoms with Crippen molar-refractivity contribution >= 4 is 23.3 Å². The Morgan fingerprint density at radius 3 is 1.89 bits per heavy atom. The number of fused-ring (bicyclic) bond motifs is 1. The van der Waals surface area contributed by atoms with Gasteiger partial charge in [-0.05, 0) is 24.6 Å². The van der Waals surface area contributed by atoms with Crippen LogP contribution in [0.2, 0.25) is 0 Å². The standard InChI is InChI=1S/C23H23NO3/c1-13-9-11-17(12-10-13)24-22(26)19-15(3)21(25)14(2)18(20(19)23(24)27)16-7-5-4-6-8-16/h4-12,14-15,18-20H,1-3H3. The predicted molar refractivity (Wildman–Crippen MR) is 103 cm³/mol. The minimum absolute atomic E-state index is 0.0667. The SMILES string of the molecule is Cc1ccc(N2C(=O)C3C(C)C(=O)C(C)C(c4ccccc4)C3C2=O)cc1. The number of hydrogen-bond acceptors (Lipinski definition) is 3. The fraction of sp³-hybridized carbons (Fsp3) is 0.348. The molecule has 2 aliphatic rings. The highest BCUT2D eigenvalue weighted by molar-refractivity contribution is 6.23. The summed E-state index contributed by atoms with van der Waals surface area (Å²) in [4.78, 5) is 40.8. The molecule has 0 bridgehead atoms. The maximum Gasteiger partial charge on any atom is 0.238 e. The third kappa shape index (κ3) is 2.62. The zero-order valence-electron chi connectivity index (χ0n) is 15.8. The molecular formula is C23H23NO3. The highest BCUT2D eigenvalue weighted by Crippen LogP contribution is 2.50. The minimum Gasteiger partial charge on any atom is -0.299 e. The van der Waals surface area contributed by atoms with Crippen LogP contribution < -0.4 is 4.90 Å². The molecule has 1 saturated heterocycles. The number of imide groups is 1. The van der Waals surface area contributed by atoms with Crippen LogP contribution >= 0.6 is 0 Å². The molecule has 4 heteroatoms. The van der Waals surface area contributed by atoms with Gasteiger partial charge in [-0.2, -0.15) is 0 Å². The fourth-order valence-corrected chi connectivity index (χ4v) is 4.82. The molecule has 0 radical (unpaired) electrons. The fourth-order valence-electron chi connectivity index (χ4n) is 4.82. The smallest absolute Gasteiger partial charge is 0.238 e. The van der Waals surface area contributed by atoms with Crippen LogP contribution in [-0.2, 0) is 14.4 Å². The van der Waals surface area contributed by atoms with Crippen LogP contribution in [0.4, 0.5) is 5.69 Å². The van der Waals surface area contributed by atoms with Crippen LogP contribution in [0.15, 0.2) is 54.6 Å². The van der Waals surface area contributed by atoms with Gasteiger partial charge in [0.1, 0.15) is 5.78 Å². The lowest BCUT2D eigenvalue weighted by atomic mass is 9.61. The molecule has 2 aromatic rings. The molecule has 0 spiro atoms. The van der Waals surface area contributed by atoms with Crippen molar-refractivity contribution in [3.8, 4) is 0 Å². The monoisotopic (exact) mass is 361 g/mol. The van der Waals surface area contributed by atoms with Crippen molar-refractivity contribution in [3.63, 3.8) is 0 Å². The van der Waals surface area contributed by atoms with Gasteiger partial charge in [-0.1, -0.05) is 61.9 Å². The molecule has 138 valence electrons. The zero-order chi connectivity index (χ0) is 19.3. The Morgan fingerprint density at radius 2 is 1.26 bits per heavy atom. The molecule has 4 rings (SSSR count). The normalized spacial score (nSPS) is 30.6. The number of amides is 2. The average Bonchev–Trinajstić information content (AvgIpc) is 2.92. The molecule has 4 nitrogen and oxygen atoms in total. The van der Waals surface area contributed by atoms with Crippen LogP contribution in [0.1, 0.15) is 30.9 Å². The first-order valence-electron chi connectivity index (χ1n) is 9.45. The minimum atomic E-state index is -0.590. The summed E-state index contributed by atoms with van der Waals surface area (Å²) in [6.07, 6.45) is 0. The van der Waals surface area contributed by atoms with Crippen LogP contribution in [0.25, 0.3) is 0 Å². The molecule has 0 aromatic heterocycles. The van der Waals surface area contributed by atoms with Gasteiger partial charge in [0.25, 0.3) is 0 Å². The van der Waals surface area contributed by atoms with E-state index in [0.717, 1.165) is 11.1 Å². The number of Topliss-reactive ketones (excluding diaryl/α,β-unsaturated/α-hetero) is 1. The molecule has 1 aliphatic heterocycles. The van der Waals surface area contributed by atoms with Crippen LogP contribution in [-0.4, -0.2) is 17.6 Å². The molecule has 27 heavy (non-hydrogen) atoms. The summed E-state index contributed by atoms with van der Waals surface area (Å²) < 4.78 is 0. The van der Waals surface area contributed by atoms with Gasteiger partial charge in [0.15, 0.2) is 0 Å². The van der Waals surface area contributed by atoms with Gasteiger partial charge < -0.3 is 0 Å². The summed E-state index contributed by atoms with van der Waals surface area (Å²) in [5.74, 6) is -2.47. The van der Waals surface area contributed by atoms with Crippen molar-refractivity contribution in [2.75, 3.05) is 4.90 Å². The second kappa shape index (κ2) is 6.45. The predicted octanol–water partition coefficient (Wildman–Crippen LogP) is 3.74. The Balaban J connectivity index is 1.82. The molecule has 5 atom stereocenters. The molecule has 5 unspecified atom stereocenters. The van der Waals surface area contributed by atoms with Crippen molar-refractivity contribution in [2.45, 2.75) is 26.7 Å². The summed E-state index contributed by atoms with van der Waals surface area (Å²) >= 11 is 0. The van der Waals surface area contributed by atoms with E-state index in [1.807, 2.05) is 56.3 Å². The molecule has 2 fully saturated rings. The summed E-state index contributed by atoms with van der Waals surface area (Å²) in [7, 11) is 0. The van der Waals surface area contributed by atoms with Gasteiger partial charge in [0.2, 0.25) is 11.8 Å². The number of rotatable bonds is 2. The number of benzene rings is 2. The first-order chi connectivity index (χ1) is 12.9. The molecule has 2 aromatic carbocycles.